The SMILES string of the molecule is CC(=O)N[C@H]1[C@H](OC[C@@H](O)[C@H](O)[C@H](O[C@@H]2O[C@H](CO)[C@H](O)[C@H](O[C@@H]3O[C@H](CO)[C@@H](O[C@@H]4O[C@H](CO)[C@H](O)[C@H](O)[C@H]4O[C@@H]4O[C@@H](C)[C@@H](O)[C@@H](O)[C@@H]4O)[C@H](O)[C@H]3NC(C)=O)[C@H]2O[C@@H]2O[C@@H](C)[C@@H](O)[C@@H](O)[C@@H]2O)[C@H](CO)NC(C)=O)O[C@H](CO)[C@@H](O[C@@H]2O[C@H](CO)[C@H](O)[C@H](O)[C@H]2O[C@@H]2O[C@@H](C)[C@@H](O)[C@@H](O)[C@@H]2O)[C@@H]1O. The molecular weight excluding hydrogens is 1450 g/mol. The smallest absolute Gasteiger partial charge is 0.217 e. The highest BCUT2D eigenvalue weighted by molar-refractivity contribution is 5.74. The van der Waals surface area contributed by atoms with Crippen molar-refractivity contribution < 1.29 is 213 Å². The van der Waals surface area contributed by atoms with E-state index in [0.29, 0.717) is 0 Å². The Labute approximate surface area is 602 Å². The Hall–Kier alpha value is -3.19. The van der Waals surface area contributed by atoms with Gasteiger partial charge in [-0.25, -0.2) is 0 Å². The number of nitrogens with one attached hydrogen (secondary N) is 3. The first-order valence-corrected chi connectivity index (χ1v) is 34.1. The molecule has 0 aromatic heterocycles. The van der Waals surface area contributed by atoms with Gasteiger partial charge in [-0.05, 0) is 20.8 Å². The fourth-order valence-corrected chi connectivity index (χ4v) is 13.5. The Morgan fingerprint density at radius 3 is 1.06 bits per heavy atom. The Balaban J connectivity index is 1.08. The molecule has 8 rings (SSSR count). The molecule has 616 valence electrons. The molecule has 46 heteroatoms. The van der Waals surface area contributed by atoms with Crippen LogP contribution < -0.4 is 16.0 Å². The lowest BCUT2D eigenvalue weighted by molar-refractivity contribution is -0.400. The summed E-state index contributed by atoms with van der Waals surface area (Å²) in [6.07, 6.45) is -81.3. The number of aliphatic hydroxyl groups is 24. The normalized spacial score (nSPS) is 47.9. The molecule has 0 radical (unpaired) electrons. The van der Waals surface area contributed by atoms with Gasteiger partial charge in [-0.2, -0.15) is 0 Å². The van der Waals surface area contributed by atoms with Crippen LogP contribution in [0.25, 0.3) is 0 Å². The van der Waals surface area contributed by atoms with Crippen molar-refractivity contribution in [2.24, 2.45) is 0 Å². The first-order valence-electron chi connectivity index (χ1n) is 34.1. The number of hydrogen-bond acceptors (Lipinski definition) is 43. The molecule has 3 amide bonds. The van der Waals surface area contributed by atoms with Gasteiger partial charge in [-0.1, -0.05) is 0 Å². The van der Waals surface area contributed by atoms with Crippen molar-refractivity contribution in [3.05, 3.63) is 0 Å². The lowest BCUT2D eigenvalue weighted by Crippen LogP contribution is -2.70. The lowest BCUT2D eigenvalue weighted by atomic mass is 9.94. The summed E-state index contributed by atoms with van der Waals surface area (Å²) in [5, 5.41) is 272. The molecule has 8 aliphatic rings. The highest BCUT2D eigenvalue weighted by atomic mass is 16.8. The maximum Gasteiger partial charge on any atom is 0.217 e. The molecule has 8 heterocycles. The second-order valence-corrected chi connectivity index (χ2v) is 27.1. The lowest BCUT2D eigenvalue weighted by Gasteiger charge is -2.51. The summed E-state index contributed by atoms with van der Waals surface area (Å²) in [4.78, 5) is 38.8. The van der Waals surface area contributed by atoms with Crippen molar-refractivity contribution in [2.45, 2.75) is 311 Å². The Bertz CT molecular complexity index is 2730. The second-order valence-electron chi connectivity index (χ2n) is 27.1. The van der Waals surface area contributed by atoms with E-state index in [-0.39, 0.29) is 0 Å². The maximum atomic E-state index is 13.1. The molecule has 0 unspecified atom stereocenters. The molecule has 27 N–H and O–H groups in total. The maximum absolute atomic E-state index is 13.1. The summed E-state index contributed by atoms with van der Waals surface area (Å²) in [6, 6.07) is -5.74. The summed E-state index contributed by atoms with van der Waals surface area (Å²) in [6.45, 7) is -1.28. The third-order valence-electron chi connectivity index (χ3n) is 19.5. The van der Waals surface area contributed by atoms with Crippen LogP contribution in [0.2, 0.25) is 0 Å². The molecule has 0 bridgehead atoms. The minimum Gasteiger partial charge on any atom is -0.394 e. The van der Waals surface area contributed by atoms with E-state index in [9.17, 15) is 137 Å². The van der Waals surface area contributed by atoms with Crippen LogP contribution in [0.15, 0.2) is 0 Å². The van der Waals surface area contributed by atoms with Crippen molar-refractivity contribution in [1.82, 2.24) is 16.0 Å². The van der Waals surface area contributed by atoms with Crippen LogP contribution in [-0.2, 0) is 90.2 Å². The number of carbonyl (C=O) groups excluding carboxylic acids is 3. The highest BCUT2D eigenvalue weighted by Gasteiger charge is 2.60. The Kier molecular flexibility index (Phi) is 32.1. The largest absolute Gasteiger partial charge is 0.394 e. The molecule has 8 saturated heterocycles. The summed E-state index contributed by atoms with van der Waals surface area (Å²) in [5.74, 6) is -2.83. The number of amides is 3. The zero-order valence-electron chi connectivity index (χ0n) is 57.8. The van der Waals surface area contributed by atoms with E-state index in [1.54, 1.807) is 0 Å². The molecule has 0 aromatic rings. The van der Waals surface area contributed by atoms with E-state index in [2.05, 4.69) is 16.0 Å². The molecular formula is C60H103N3O43. The van der Waals surface area contributed by atoms with Gasteiger partial charge in [0.25, 0.3) is 0 Å². The summed E-state index contributed by atoms with van der Waals surface area (Å²) in [7, 11) is 0. The van der Waals surface area contributed by atoms with Crippen molar-refractivity contribution >= 4 is 17.7 Å². The van der Waals surface area contributed by atoms with Crippen molar-refractivity contribution in [2.75, 3.05) is 46.2 Å². The minimum absolute atomic E-state index is 0.905. The number of carbonyl (C=O) groups is 3. The second kappa shape index (κ2) is 38.6. The number of rotatable bonds is 29. The minimum atomic E-state index is -2.53. The molecule has 46 nitrogen and oxygen atoms in total. The van der Waals surface area contributed by atoms with Crippen molar-refractivity contribution in [3.63, 3.8) is 0 Å². The number of hydrogen-bond donors (Lipinski definition) is 27. The van der Waals surface area contributed by atoms with Crippen LogP contribution in [0.4, 0.5) is 0 Å². The van der Waals surface area contributed by atoms with Gasteiger partial charge in [0, 0.05) is 20.8 Å². The van der Waals surface area contributed by atoms with Gasteiger partial charge in [0.15, 0.2) is 50.3 Å². The predicted molar refractivity (Wildman–Crippen MR) is 330 cm³/mol. The van der Waals surface area contributed by atoms with Crippen molar-refractivity contribution in [1.29, 1.82) is 0 Å². The standard InChI is InChI=1S/C60H103N3O43/c1-14-29(74)38(83)43(88)55(92-14)104-50-41(86)33(78)22(8-65)95-58(50)101-47-25(11-68)98-53(27(36(47)81)62-18(5)71)91-13-21(73)32(77)46(20(7-64)61-17(4)70)100-60-52(106-57-45(90)40(85)31(76)16(3)94-57)49(35(80)24(10-67)97-60)103-54-28(63-19(6)72)37(82)48(26(12-69)99-54)102-59-51(42(87)34(79)23(9-66)96-59)105-56-44(89)39(84)30(75)15(2)93-56/h14-16,20-60,64-69,73-90H,7-13H2,1-6H3,(H,61,70)(H,62,71)(H,63,72)/t14-,15-,16-,20-,21+,22+,23+,24+,25+,26+,27+,28+,29+,30+,31+,32-,33-,34-,35-,36+,37+,38+,39+,40+,41-,42-,43-,44-,45-,46+,47+,48+,49-,50+,51+,52+,53+,54-,55-,56-,57-,58-,59-,60-/m0/s1. The van der Waals surface area contributed by atoms with Gasteiger partial charge in [0.1, 0.15) is 195 Å². The van der Waals surface area contributed by atoms with Gasteiger partial charge < -0.3 is 214 Å². The predicted octanol–water partition coefficient (Wildman–Crippen LogP) is -17.5. The van der Waals surface area contributed by atoms with Gasteiger partial charge in [0.05, 0.1) is 70.6 Å². The zero-order chi connectivity index (χ0) is 78.5. The average Bonchev–Trinajstić information content (AvgIpc) is 0.773. The first-order chi connectivity index (χ1) is 50.0. The summed E-state index contributed by atoms with van der Waals surface area (Å²) in [5.41, 5.74) is 0. The molecule has 0 aliphatic carbocycles. The van der Waals surface area contributed by atoms with Crippen LogP contribution in [-0.4, -0.2) is 456 Å². The Morgan fingerprint density at radius 1 is 0.340 bits per heavy atom. The third-order valence-corrected chi connectivity index (χ3v) is 19.5. The third kappa shape index (κ3) is 19.7. The first kappa shape index (κ1) is 88.4. The summed E-state index contributed by atoms with van der Waals surface area (Å²) < 4.78 is 94.6. The van der Waals surface area contributed by atoms with Crippen LogP contribution in [0.1, 0.15) is 41.5 Å². The van der Waals surface area contributed by atoms with E-state index in [1.165, 1.54) is 20.8 Å². The topological polar surface area (TPSA) is 721 Å². The van der Waals surface area contributed by atoms with Crippen molar-refractivity contribution in [3.8, 4) is 0 Å². The monoisotopic (exact) mass is 1550 g/mol. The number of ether oxygens (including phenoxy) is 16. The van der Waals surface area contributed by atoms with E-state index in [0.717, 1.165) is 20.8 Å². The van der Waals surface area contributed by atoms with Gasteiger partial charge in [-0.15, -0.1) is 0 Å². The Morgan fingerprint density at radius 2 is 0.679 bits per heavy atom. The molecule has 0 aromatic carbocycles. The highest BCUT2D eigenvalue weighted by Crippen LogP contribution is 2.40. The van der Waals surface area contributed by atoms with E-state index < -0.39 is 334 Å². The fourth-order valence-electron chi connectivity index (χ4n) is 13.5. The van der Waals surface area contributed by atoms with Gasteiger partial charge in [0.2, 0.25) is 17.7 Å². The van der Waals surface area contributed by atoms with Crippen LogP contribution in [0, 0.1) is 0 Å². The average molecular weight is 1550 g/mol. The molecule has 8 fully saturated rings. The van der Waals surface area contributed by atoms with E-state index >= 15 is 0 Å². The molecule has 0 saturated carbocycles. The fraction of sp³-hybridized carbons (Fsp3) is 0.950. The van der Waals surface area contributed by atoms with Crippen LogP contribution in [0.5, 0.6) is 0 Å². The summed E-state index contributed by atoms with van der Waals surface area (Å²) >= 11 is 0. The number of aliphatic hydroxyl groups excluding tert-OH is 24. The molecule has 0 spiro atoms. The van der Waals surface area contributed by atoms with Crippen LogP contribution in [0.3, 0.4) is 0 Å². The van der Waals surface area contributed by atoms with Crippen LogP contribution >= 0.6 is 0 Å². The van der Waals surface area contributed by atoms with E-state index in [4.69, 9.17) is 75.8 Å². The van der Waals surface area contributed by atoms with E-state index in [1.807, 2.05) is 0 Å². The molecule has 106 heavy (non-hydrogen) atoms. The van der Waals surface area contributed by atoms with Gasteiger partial charge >= 0.3 is 0 Å². The zero-order valence-corrected chi connectivity index (χ0v) is 57.8. The molecule has 8 aliphatic heterocycles. The molecule has 44 atom stereocenters. The van der Waals surface area contributed by atoms with Gasteiger partial charge in [-0.3, -0.25) is 14.4 Å². The quantitative estimate of drug-likeness (QED) is 0.0331.